The van der Waals surface area contributed by atoms with Crippen molar-refractivity contribution in [2.45, 2.75) is 38.2 Å². The van der Waals surface area contributed by atoms with Crippen molar-refractivity contribution in [1.82, 2.24) is 5.32 Å². The molecule has 0 aromatic heterocycles. The Hall–Kier alpha value is -3.68. The van der Waals surface area contributed by atoms with Crippen molar-refractivity contribution in [3.63, 3.8) is 0 Å². The average molecular weight is 425 g/mol. The number of ether oxygens (including phenoxy) is 3. The molecular weight excluding hydrogens is 402 g/mol. The van der Waals surface area contributed by atoms with E-state index in [0.29, 0.717) is 6.29 Å². The number of rotatable bonds is 6. The maximum absolute atomic E-state index is 13.2. The number of hydrogen-bond acceptors (Lipinski definition) is 7. The van der Waals surface area contributed by atoms with Crippen molar-refractivity contribution in [2.24, 2.45) is 0 Å². The Morgan fingerprint density at radius 3 is 2.35 bits per heavy atom. The van der Waals surface area contributed by atoms with Crippen LogP contribution < -0.4 is 14.8 Å². The highest BCUT2D eigenvalue weighted by Gasteiger charge is 2.25. The lowest BCUT2D eigenvalue weighted by Gasteiger charge is -2.21. The predicted molar refractivity (Wildman–Crippen MR) is 111 cm³/mol. The fourth-order valence-electron chi connectivity index (χ4n) is 3.41. The number of nitrogens with one attached hydrogen (secondary N) is 1. The number of amides is 1. The van der Waals surface area contributed by atoms with Crippen LogP contribution in [-0.2, 0) is 4.74 Å². The molecule has 31 heavy (non-hydrogen) atoms. The van der Waals surface area contributed by atoms with Gasteiger partial charge in [0, 0.05) is 7.05 Å². The second-order valence-corrected chi connectivity index (χ2v) is 7.04. The molecule has 2 aromatic rings. The van der Waals surface area contributed by atoms with Crippen LogP contribution in [-0.4, -0.2) is 37.5 Å². The molecule has 1 aliphatic carbocycles. The number of benzene rings is 2. The van der Waals surface area contributed by atoms with Crippen LogP contribution in [0.2, 0.25) is 0 Å². The molecule has 1 aliphatic rings. The molecule has 162 valence electrons. The van der Waals surface area contributed by atoms with E-state index < -0.39 is 18.0 Å². The first-order valence-electron chi connectivity index (χ1n) is 10.0. The maximum atomic E-state index is 13.2. The second kappa shape index (κ2) is 10.4. The summed E-state index contributed by atoms with van der Waals surface area (Å²) in [6, 6.07) is 10.5. The van der Waals surface area contributed by atoms with Crippen LogP contribution >= 0.6 is 0 Å². The Labute approximate surface area is 179 Å². The molecule has 0 heterocycles. The highest BCUT2D eigenvalue weighted by atomic mass is 16.7. The lowest BCUT2D eigenvalue weighted by Crippen LogP contribution is -2.24. The number of carbonyl (C=O) groups is 4. The number of ketones is 1. The van der Waals surface area contributed by atoms with Gasteiger partial charge in [0.15, 0.2) is 12.0 Å². The van der Waals surface area contributed by atoms with E-state index in [0.717, 1.165) is 32.1 Å². The van der Waals surface area contributed by atoms with Gasteiger partial charge in [-0.05, 0) is 49.9 Å². The van der Waals surface area contributed by atoms with Gasteiger partial charge in [0.1, 0.15) is 11.9 Å². The van der Waals surface area contributed by atoms with E-state index >= 15 is 0 Å². The van der Waals surface area contributed by atoms with E-state index in [9.17, 15) is 19.2 Å². The summed E-state index contributed by atoms with van der Waals surface area (Å²) in [5, 5.41) is 2.27. The van der Waals surface area contributed by atoms with Crippen LogP contribution in [0.25, 0.3) is 0 Å². The van der Waals surface area contributed by atoms with Gasteiger partial charge in [-0.15, -0.1) is 0 Å². The molecule has 2 aromatic carbocycles. The maximum Gasteiger partial charge on any atom is 0.514 e. The first-order valence-corrected chi connectivity index (χ1v) is 10.0. The Morgan fingerprint density at radius 1 is 0.935 bits per heavy atom. The fourth-order valence-corrected chi connectivity index (χ4v) is 3.41. The largest absolute Gasteiger partial charge is 0.514 e. The van der Waals surface area contributed by atoms with Crippen molar-refractivity contribution in [2.75, 3.05) is 7.05 Å². The van der Waals surface area contributed by atoms with Crippen LogP contribution in [0, 0.1) is 0 Å². The minimum atomic E-state index is -0.879. The molecule has 0 atom stereocenters. The third-order valence-electron chi connectivity index (χ3n) is 4.96. The van der Waals surface area contributed by atoms with Crippen LogP contribution in [0.15, 0.2) is 42.5 Å². The minimum absolute atomic E-state index is 0.00992. The van der Waals surface area contributed by atoms with Gasteiger partial charge in [-0.25, -0.2) is 9.59 Å². The Bertz CT molecular complexity index is 980. The SMILES string of the molecule is CNC(=O)Oc1c(C=O)cccc1C(=O)c1ccccc1OC(=O)OC1CCCCC1. The molecule has 8 heteroatoms. The summed E-state index contributed by atoms with van der Waals surface area (Å²) in [6.07, 6.45) is 3.26. The van der Waals surface area contributed by atoms with Gasteiger partial charge in [0.25, 0.3) is 0 Å². The first-order chi connectivity index (χ1) is 15.0. The molecule has 0 aliphatic heterocycles. The zero-order valence-corrected chi connectivity index (χ0v) is 17.1. The lowest BCUT2D eigenvalue weighted by atomic mass is 9.98. The van der Waals surface area contributed by atoms with Gasteiger partial charge in [0.05, 0.1) is 16.7 Å². The highest BCUT2D eigenvalue weighted by Crippen LogP contribution is 2.30. The average Bonchev–Trinajstić information content (AvgIpc) is 2.79. The Morgan fingerprint density at radius 2 is 1.65 bits per heavy atom. The van der Waals surface area contributed by atoms with Crippen LogP contribution in [0.5, 0.6) is 11.5 Å². The predicted octanol–water partition coefficient (Wildman–Crippen LogP) is 4.30. The molecule has 1 amide bonds. The number of hydrogen-bond donors (Lipinski definition) is 1. The Balaban J connectivity index is 1.87. The summed E-state index contributed by atoms with van der Waals surface area (Å²) in [5.74, 6) is -0.749. The highest BCUT2D eigenvalue weighted by molar-refractivity contribution is 6.13. The Kier molecular flexibility index (Phi) is 7.37. The first kappa shape index (κ1) is 22.0. The van der Waals surface area contributed by atoms with Crippen LogP contribution in [0.1, 0.15) is 58.4 Å². The molecular formula is C23H23NO7. The fraction of sp³-hybridized carbons (Fsp3) is 0.304. The van der Waals surface area contributed by atoms with Crippen LogP contribution in [0.3, 0.4) is 0 Å². The number of para-hydroxylation sites is 2. The van der Waals surface area contributed by atoms with Crippen molar-refractivity contribution in [3.8, 4) is 11.5 Å². The van der Waals surface area contributed by atoms with Gasteiger partial charge < -0.3 is 19.5 Å². The van der Waals surface area contributed by atoms with Crippen molar-refractivity contribution < 1.29 is 33.4 Å². The van der Waals surface area contributed by atoms with E-state index in [1.54, 1.807) is 12.1 Å². The smallest absolute Gasteiger partial charge is 0.431 e. The molecule has 8 nitrogen and oxygen atoms in total. The van der Waals surface area contributed by atoms with Crippen molar-refractivity contribution in [1.29, 1.82) is 0 Å². The van der Waals surface area contributed by atoms with E-state index in [1.807, 2.05) is 0 Å². The molecule has 0 bridgehead atoms. The summed E-state index contributed by atoms with van der Waals surface area (Å²) < 4.78 is 15.8. The zero-order chi connectivity index (χ0) is 22.2. The van der Waals surface area contributed by atoms with Gasteiger partial charge in [0.2, 0.25) is 5.78 Å². The number of aldehydes is 1. The topological polar surface area (TPSA) is 108 Å². The molecule has 0 radical (unpaired) electrons. The van der Waals surface area contributed by atoms with Gasteiger partial charge in [-0.3, -0.25) is 9.59 Å². The summed E-state index contributed by atoms with van der Waals surface area (Å²) in [5.41, 5.74) is 0.0716. The normalized spacial score (nSPS) is 13.7. The van der Waals surface area contributed by atoms with Crippen LogP contribution in [0.4, 0.5) is 9.59 Å². The second-order valence-electron chi connectivity index (χ2n) is 7.04. The summed E-state index contributed by atoms with van der Waals surface area (Å²) >= 11 is 0. The van der Waals surface area contributed by atoms with E-state index in [4.69, 9.17) is 14.2 Å². The molecule has 1 fully saturated rings. The van der Waals surface area contributed by atoms with Gasteiger partial charge in [-0.1, -0.05) is 24.6 Å². The van der Waals surface area contributed by atoms with Gasteiger partial charge in [-0.2, -0.15) is 0 Å². The van der Waals surface area contributed by atoms with E-state index in [-0.39, 0.29) is 34.3 Å². The van der Waals surface area contributed by atoms with E-state index in [1.165, 1.54) is 37.4 Å². The van der Waals surface area contributed by atoms with Crippen molar-refractivity contribution >= 4 is 24.3 Å². The molecule has 0 saturated heterocycles. The van der Waals surface area contributed by atoms with Crippen molar-refractivity contribution in [3.05, 3.63) is 59.2 Å². The molecule has 0 spiro atoms. The summed E-state index contributed by atoms with van der Waals surface area (Å²) in [7, 11) is 1.36. The quantitative estimate of drug-likeness (QED) is 0.318. The molecule has 1 saturated carbocycles. The third-order valence-corrected chi connectivity index (χ3v) is 4.96. The lowest BCUT2D eigenvalue weighted by molar-refractivity contribution is 0.0415. The number of carbonyl (C=O) groups excluding carboxylic acids is 4. The minimum Gasteiger partial charge on any atom is -0.431 e. The molecule has 1 N–H and O–H groups in total. The standard InChI is InChI=1S/C23H23NO7/c1-24-22(27)31-21-15(14-25)8-7-12-18(21)20(26)17-11-5-6-13-19(17)30-23(28)29-16-9-3-2-4-10-16/h5-8,11-14,16H,2-4,9-10H2,1H3,(H,24,27). The van der Waals surface area contributed by atoms with Gasteiger partial charge >= 0.3 is 12.2 Å². The third kappa shape index (κ3) is 5.48. The monoisotopic (exact) mass is 425 g/mol. The zero-order valence-electron chi connectivity index (χ0n) is 17.1. The van der Waals surface area contributed by atoms with E-state index in [2.05, 4.69) is 5.32 Å². The summed E-state index contributed by atoms with van der Waals surface area (Å²) in [6.45, 7) is 0. The molecule has 3 rings (SSSR count). The summed E-state index contributed by atoms with van der Waals surface area (Å²) in [4.78, 5) is 48.6. The molecule has 0 unspecified atom stereocenters.